The van der Waals surface area contributed by atoms with Gasteiger partial charge in [-0.05, 0) is 23.8 Å². The Morgan fingerprint density at radius 2 is 2.00 bits per heavy atom. The number of rotatable bonds is 4. The summed E-state index contributed by atoms with van der Waals surface area (Å²) in [5.41, 5.74) is 2.20. The van der Waals surface area contributed by atoms with Crippen LogP contribution in [0.1, 0.15) is 11.3 Å². The summed E-state index contributed by atoms with van der Waals surface area (Å²) < 4.78 is 7.00. The molecule has 0 aliphatic heterocycles. The van der Waals surface area contributed by atoms with E-state index in [0.717, 1.165) is 18.0 Å². The zero-order valence-corrected chi connectivity index (χ0v) is 9.81. The van der Waals surface area contributed by atoms with E-state index in [4.69, 9.17) is 16.3 Å². The molecule has 0 unspecified atom stereocenters. The molecule has 0 bridgehead atoms. The van der Waals surface area contributed by atoms with E-state index < -0.39 is 0 Å². The van der Waals surface area contributed by atoms with Crippen molar-refractivity contribution in [3.8, 4) is 5.75 Å². The number of benzene rings is 1. The molecule has 0 aliphatic rings. The Kier molecular flexibility index (Phi) is 3.47. The van der Waals surface area contributed by atoms with Gasteiger partial charge in [-0.2, -0.15) is 5.10 Å². The first kappa shape index (κ1) is 11.0. The first-order valence-electron chi connectivity index (χ1n) is 5.03. The van der Waals surface area contributed by atoms with Crippen molar-refractivity contribution in [3.05, 3.63) is 47.8 Å². The maximum Gasteiger partial charge on any atom is 0.118 e. The lowest BCUT2D eigenvalue weighted by molar-refractivity contribution is 0.414. The molecule has 0 radical (unpaired) electrons. The summed E-state index contributed by atoms with van der Waals surface area (Å²) in [5, 5.41) is 4.23. The standard InChI is InChI=1S/C12H13ClN2O/c1-16-12-4-2-10(3-5-12)9-15-11(8-13)6-7-14-15/h2-7H,8-9H2,1H3. The van der Waals surface area contributed by atoms with Gasteiger partial charge in [0.1, 0.15) is 5.75 Å². The van der Waals surface area contributed by atoms with Crippen molar-refractivity contribution in [2.24, 2.45) is 0 Å². The molecule has 3 nitrogen and oxygen atoms in total. The number of hydrogen-bond donors (Lipinski definition) is 0. The van der Waals surface area contributed by atoms with Crippen LogP contribution in [0, 0.1) is 0 Å². The van der Waals surface area contributed by atoms with Crippen LogP contribution < -0.4 is 4.74 Å². The molecule has 4 heteroatoms. The fourth-order valence-electron chi connectivity index (χ4n) is 1.52. The van der Waals surface area contributed by atoms with Gasteiger partial charge < -0.3 is 4.74 Å². The monoisotopic (exact) mass is 236 g/mol. The zero-order chi connectivity index (χ0) is 11.4. The van der Waals surface area contributed by atoms with Crippen LogP contribution in [-0.2, 0) is 12.4 Å². The zero-order valence-electron chi connectivity index (χ0n) is 9.06. The van der Waals surface area contributed by atoms with Crippen LogP contribution in [0.4, 0.5) is 0 Å². The molecular formula is C12H13ClN2O. The number of nitrogens with zero attached hydrogens (tertiary/aromatic N) is 2. The summed E-state index contributed by atoms with van der Waals surface area (Å²) in [6.07, 6.45) is 1.77. The van der Waals surface area contributed by atoms with Gasteiger partial charge in [-0.1, -0.05) is 12.1 Å². The molecule has 0 amide bonds. The molecule has 0 saturated carbocycles. The van der Waals surface area contributed by atoms with Crippen LogP contribution in [0.3, 0.4) is 0 Å². The number of halogens is 1. The topological polar surface area (TPSA) is 27.1 Å². The predicted molar refractivity (Wildman–Crippen MR) is 63.9 cm³/mol. The summed E-state index contributed by atoms with van der Waals surface area (Å²) in [6.45, 7) is 0.735. The quantitative estimate of drug-likeness (QED) is 0.764. The minimum absolute atomic E-state index is 0.482. The number of alkyl halides is 1. The Morgan fingerprint density at radius 3 is 2.62 bits per heavy atom. The molecule has 1 aromatic heterocycles. The van der Waals surface area contributed by atoms with Gasteiger partial charge >= 0.3 is 0 Å². The van der Waals surface area contributed by atoms with Gasteiger partial charge in [0.2, 0.25) is 0 Å². The van der Waals surface area contributed by atoms with Gasteiger partial charge in [0.15, 0.2) is 0 Å². The minimum atomic E-state index is 0.482. The van der Waals surface area contributed by atoms with Crippen molar-refractivity contribution in [1.82, 2.24) is 9.78 Å². The molecule has 2 aromatic rings. The minimum Gasteiger partial charge on any atom is -0.497 e. The number of hydrogen-bond acceptors (Lipinski definition) is 2. The molecule has 0 fully saturated rings. The van der Waals surface area contributed by atoms with E-state index in [1.807, 2.05) is 35.0 Å². The van der Waals surface area contributed by atoms with Crippen molar-refractivity contribution >= 4 is 11.6 Å². The van der Waals surface area contributed by atoms with Crippen LogP contribution in [0.2, 0.25) is 0 Å². The van der Waals surface area contributed by atoms with Crippen LogP contribution in [0.5, 0.6) is 5.75 Å². The lowest BCUT2D eigenvalue weighted by Crippen LogP contribution is -2.04. The lowest BCUT2D eigenvalue weighted by atomic mass is 10.2. The molecule has 0 saturated heterocycles. The molecule has 0 N–H and O–H groups in total. The fourth-order valence-corrected chi connectivity index (χ4v) is 1.75. The van der Waals surface area contributed by atoms with Gasteiger partial charge in [0, 0.05) is 6.20 Å². The van der Waals surface area contributed by atoms with Gasteiger partial charge in [-0.15, -0.1) is 11.6 Å². The highest BCUT2D eigenvalue weighted by molar-refractivity contribution is 6.16. The first-order valence-corrected chi connectivity index (χ1v) is 5.56. The van der Waals surface area contributed by atoms with Crippen molar-refractivity contribution in [2.45, 2.75) is 12.4 Å². The van der Waals surface area contributed by atoms with Crippen LogP contribution >= 0.6 is 11.6 Å². The highest BCUT2D eigenvalue weighted by Crippen LogP contribution is 2.13. The smallest absolute Gasteiger partial charge is 0.118 e. The predicted octanol–water partition coefficient (Wildman–Crippen LogP) is 2.68. The maximum atomic E-state index is 5.81. The van der Waals surface area contributed by atoms with E-state index in [1.54, 1.807) is 13.3 Å². The van der Waals surface area contributed by atoms with Gasteiger partial charge in [-0.25, -0.2) is 0 Å². The number of methoxy groups -OCH3 is 1. The van der Waals surface area contributed by atoms with Crippen molar-refractivity contribution in [1.29, 1.82) is 0 Å². The van der Waals surface area contributed by atoms with Crippen molar-refractivity contribution < 1.29 is 4.74 Å². The maximum absolute atomic E-state index is 5.81. The van der Waals surface area contributed by atoms with Crippen molar-refractivity contribution in [2.75, 3.05) is 7.11 Å². The van der Waals surface area contributed by atoms with Gasteiger partial charge in [-0.3, -0.25) is 4.68 Å². The number of ether oxygens (including phenoxy) is 1. The molecule has 1 heterocycles. The molecule has 0 atom stereocenters. The summed E-state index contributed by atoms with van der Waals surface area (Å²) >= 11 is 5.81. The molecule has 1 aromatic carbocycles. The highest BCUT2D eigenvalue weighted by atomic mass is 35.5. The third-order valence-corrected chi connectivity index (χ3v) is 2.71. The lowest BCUT2D eigenvalue weighted by Gasteiger charge is -2.06. The average Bonchev–Trinajstić information content (AvgIpc) is 2.77. The normalized spacial score (nSPS) is 10.4. The highest BCUT2D eigenvalue weighted by Gasteiger charge is 2.02. The van der Waals surface area contributed by atoms with Gasteiger partial charge in [0.25, 0.3) is 0 Å². The van der Waals surface area contributed by atoms with Crippen LogP contribution in [0.25, 0.3) is 0 Å². The fraction of sp³-hybridized carbons (Fsp3) is 0.250. The Balaban J connectivity index is 2.14. The Labute approximate surface area is 99.6 Å². The second-order valence-corrected chi connectivity index (χ2v) is 3.73. The molecular weight excluding hydrogens is 224 g/mol. The van der Waals surface area contributed by atoms with Gasteiger partial charge in [0.05, 0.1) is 25.2 Å². The summed E-state index contributed by atoms with van der Waals surface area (Å²) in [4.78, 5) is 0. The molecule has 2 rings (SSSR count). The summed E-state index contributed by atoms with van der Waals surface area (Å²) in [5.74, 6) is 1.35. The largest absolute Gasteiger partial charge is 0.497 e. The average molecular weight is 237 g/mol. The number of aromatic nitrogens is 2. The Bertz CT molecular complexity index is 450. The third kappa shape index (κ3) is 2.36. The molecule has 16 heavy (non-hydrogen) atoms. The van der Waals surface area contributed by atoms with E-state index in [0.29, 0.717) is 5.88 Å². The van der Waals surface area contributed by atoms with E-state index in [2.05, 4.69) is 5.10 Å². The Hall–Kier alpha value is -1.48. The summed E-state index contributed by atoms with van der Waals surface area (Å²) in [7, 11) is 1.66. The van der Waals surface area contributed by atoms with Crippen LogP contribution in [0.15, 0.2) is 36.5 Å². The Morgan fingerprint density at radius 1 is 1.25 bits per heavy atom. The third-order valence-electron chi connectivity index (χ3n) is 2.43. The summed E-state index contributed by atoms with van der Waals surface area (Å²) in [6, 6.07) is 9.87. The second-order valence-electron chi connectivity index (χ2n) is 3.46. The first-order chi connectivity index (χ1) is 7.83. The van der Waals surface area contributed by atoms with E-state index in [1.165, 1.54) is 5.56 Å². The molecule has 84 valence electrons. The van der Waals surface area contributed by atoms with Crippen molar-refractivity contribution in [3.63, 3.8) is 0 Å². The molecule has 0 aliphatic carbocycles. The van der Waals surface area contributed by atoms with Crippen LogP contribution in [-0.4, -0.2) is 16.9 Å². The second kappa shape index (κ2) is 5.03. The van der Waals surface area contributed by atoms with E-state index in [9.17, 15) is 0 Å². The molecule has 0 spiro atoms. The van der Waals surface area contributed by atoms with E-state index >= 15 is 0 Å². The SMILES string of the molecule is COc1ccc(Cn2nccc2CCl)cc1. The van der Waals surface area contributed by atoms with E-state index in [-0.39, 0.29) is 0 Å².